The van der Waals surface area contributed by atoms with Crippen molar-refractivity contribution >= 4 is 15.7 Å². The molecule has 0 bridgehead atoms. The minimum atomic E-state index is -3.07. The highest BCUT2D eigenvalue weighted by Crippen LogP contribution is 2.22. The predicted octanol–water partition coefficient (Wildman–Crippen LogP) is 1.30. The third-order valence-corrected chi connectivity index (χ3v) is 4.98. The average molecular weight is 348 g/mol. The summed E-state index contributed by atoms with van der Waals surface area (Å²) in [4.78, 5) is 18.5. The highest BCUT2D eigenvalue weighted by molar-refractivity contribution is 7.89. The van der Waals surface area contributed by atoms with Crippen molar-refractivity contribution in [2.75, 3.05) is 19.3 Å². The van der Waals surface area contributed by atoms with Crippen molar-refractivity contribution in [1.82, 2.24) is 19.7 Å². The van der Waals surface area contributed by atoms with Gasteiger partial charge in [-0.2, -0.15) is 5.10 Å². The maximum absolute atomic E-state index is 12.7. The van der Waals surface area contributed by atoms with Crippen LogP contribution >= 0.6 is 0 Å². The molecule has 1 aromatic carbocycles. The topological polar surface area (TPSA) is 85.2 Å². The number of likely N-dealkylation sites (tertiary alicyclic amines) is 1. The Morgan fingerprint density at radius 3 is 2.67 bits per heavy atom. The summed E-state index contributed by atoms with van der Waals surface area (Å²) < 4.78 is 24.5. The van der Waals surface area contributed by atoms with E-state index in [4.69, 9.17) is 0 Å². The fourth-order valence-corrected chi connectivity index (χ4v) is 3.79. The molecule has 2 aromatic rings. The van der Waals surface area contributed by atoms with E-state index in [1.54, 1.807) is 35.3 Å². The molecule has 0 N–H and O–H groups in total. The number of hydrogen-bond acceptors (Lipinski definition) is 5. The lowest BCUT2D eigenvalue weighted by molar-refractivity contribution is 0.0672. The van der Waals surface area contributed by atoms with Gasteiger partial charge in [-0.25, -0.2) is 18.1 Å². The molecule has 7 nitrogen and oxygen atoms in total. The maximum atomic E-state index is 12.7. The number of benzene rings is 1. The van der Waals surface area contributed by atoms with Crippen LogP contribution in [0.5, 0.6) is 0 Å². The van der Waals surface area contributed by atoms with Crippen LogP contribution in [0.2, 0.25) is 0 Å². The van der Waals surface area contributed by atoms with Crippen molar-refractivity contribution in [2.45, 2.75) is 24.6 Å². The van der Waals surface area contributed by atoms with E-state index in [0.717, 1.165) is 19.4 Å². The van der Waals surface area contributed by atoms with E-state index >= 15 is 0 Å². The lowest BCUT2D eigenvalue weighted by Gasteiger charge is -2.32. The summed E-state index contributed by atoms with van der Waals surface area (Å²) >= 11 is 0. The minimum Gasteiger partial charge on any atom is -0.337 e. The van der Waals surface area contributed by atoms with Crippen molar-refractivity contribution in [3.8, 4) is 0 Å². The van der Waals surface area contributed by atoms with Gasteiger partial charge in [-0.05, 0) is 30.5 Å². The van der Waals surface area contributed by atoms with E-state index in [9.17, 15) is 13.2 Å². The fraction of sp³-hybridized carbons (Fsp3) is 0.438. The molecule has 1 aliphatic heterocycles. The molecule has 2 heterocycles. The molecular formula is C16H20N4O3S. The first kappa shape index (κ1) is 16.6. The van der Waals surface area contributed by atoms with E-state index in [0.29, 0.717) is 17.7 Å². The van der Waals surface area contributed by atoms with Gasteiger partial charge in [0.15, 0.2) is 9.84 Å². The monoisotopic (exact) mass is 348 g/mol. The van der Waals surface area contributed by atoms with Gasteiger partial charge in [0.25, 0.3) is 5.91 Å². The van der Waals surface area contributed by atoms with Gasteiger partial charge in [0.2, 0.25) is 0 Å². The van der Waals surface area contributed by atoms with Crippen LogP contribution in [0.25, 0.3) is 0 Å². The number of carbonyl (C=O) groups is 1. The lowest BCUT2D eigenvalue weighted by atomic mass is 10.0. The molecule has 1 aliphatic rings. The Hall–Kier alpha value is -2.22. The summed E-state index contributed by atoms with van der Waals surface area (Å²) in [7, 11) is -3.07. The number of carbonyl (C=O) groups excluding carboxylic acids is 1. The van der Waals surface area contributed by atoms with Gasteiger partial charge >= 0.3 is 0 Å². The van der Waals surface area contributed by atoms with Crippen molar-refractivity contribution in [1.29, 1.82) is 0 Å². The molecule has 0 aliphatic carbocycles. The zero-order chi connectivity index (χ0) is 17.2. The minimum absolute atomic E-state index is 0.0143. The van der Waals surface area contributed by atoms with Crippen LogP contribution in [0, 0.1) is 0 Å². The van der Waals surface area contributed by atoms with Crippen LogP contribution in [0.4, 0.5) is 0 Å². The van der Waals surface area contributed by atoms with E-state index in [-0.39, 0.29) is 17.7 Å². The van der Waals surface area contributed by atoms with Gasteiger partial charge in [0, 0.05) is 24.9 Å². The Kier molecular flexibility index (Phi) is 4.66. The number of piperidine rings is 1. The first-order valence-electron chi connectivity index (χ1n) is 7.82. The van der Waals surface area contributed by atoms with Crippen molar-refractivity contribution in [2.24, 2.45) is 0 Å². The summed E-state index contributed by atoms with van der Waals surface area (Å²) in [5, 5.41) is 4.16. The smallest absolute Gasteiger partial charge is 0.253 e. The SMILES string of the molecule is CS(=O)(=O)Cc1ccc(C(=O)N2CCCC(n3cncn3)C2)cc1. The van der Waals surface area contributed by atoms with Crippen LogP contribution < -0.4 is 0 Å². The number of sulfone groups is 1. The van der Waals surface area contributed by atoms with E-state index in [1.165, 1.54) is 12.6 Å². The van der Waals surface area contributed by atoms with Crippen molar-refractivity contribution in [3.05, 3.63) is 48.0 Å². The molecule has 8 heteroatoms. The maximum Gasteiger partial charge on any atom is 0.253 e. The largest absolute Gasteiger partial charge is 0.337 e. The second kappa shape index (κ2) is 6.72. The standard InChI is InChI=1S/C16H20N4O3S/c1-24(22,23)10-13-4-6-14(7-5-13)16(21)19-8-2-3-15(9-19)20-12-17-11-18-20/h4-7,11-12,15H,2-3,8-10H2,1H3. The number of hydrogen-bond donors (Lipinski definition) is 0. The molecule has 3 rings (SSSR count). The highest BCUT2D eigenvalue weighted by Gasteiger charge is 2.25. The van der Waals surface area contributed by atoms with Crippen molar-refractivity contribution < 1.29 is 13.2 Å². The molecular weight excluding hydrogens is 328 g/mol. The summed E-state index contributed by atoms with van der Waals surface area (Å²) in [5.41, 5.74) is 1.26. The molecule has 1 saturated heterocycles. The van der Waals surface area contributed by atoms with E-state index < -0.39 is 9.84 Å². The van der Waals surface area contributed by atoms with Crippen LogP contribution in [0.1, 0.15) is 34.8 Å². The number of rotatable bonds is 4. The van der Waals surface area contributed by atoms with Gasteiger partial charge in [-0.3, -0.25) is 4.79 Å². The number of amides is 1. The summed E-state index contributed by atoms with van der Waals surface area (Å²) in [6.45, 7) is 1.32. The molecule has 1 aromatic heterocycles. The molecule has 1 atom stereocenters. The van der Waals surface area contributed by atoms with Gasteiger partial charge in [-0.1, -0.05) is 12.1 Å². The second-order valence-electron chi connectivity index (χ2n) is 6.19. The second-order valence-corrected chi connectivity index (χ2v) is 8.33. The van der Waals surface area contributed by atoms with E-state index in [1.807, 2.05) is 4.90 Å². The zero-order valence-corrected chi connectivity index (χ0v) is 14.3. The third-order valence-electron chi connectivity index (χ3n) is 4.12. The van der Waals surface area contributed by atoms with Crippen LogP contribution in [0.3, 0.4) is 0 Å². The number of nitrogens with zero attached hydrogens (tertiary/aromatic N) is 4. The highest BCUT2D eigenvalue weighted by atomic mass is 32.2. The van der Waals surface area contributed by atoms with Crippen molar-refractivity contribution in [3.63, 3.8) is 0 Å². The Bertz CT molecular complexity index is 800. The molecule has 24 heavy (non-hydrogen) atoms. The Morgan fingerprint density at radius 1 is 1.29 bits per heavy atom. The molecule has 0 radical (unpaired) electrons. The molecule has 1 unspecified atom stereocenters. The first-order chi connectivity index (χ1) is 11.4. The Morgan fingerprint density at radius 2 is 2.04 bits per heavy atom. The molecule has 128 valence electrons. The molecule has 0 saturated carbocycles. The van der Waals surface area contributed by atoms with Gasteiger partial charge in [0.05, 0.1) is 11.8 Å². The van der Waals surface area contributed by atoms with Gasteiger partial charge in [-0.15, -0.1) is 0 Å². The first-order valence-corrected chi connectivity index (χ1v) is 9.88. The predicted molar refractivity (Wildman–Crippen MR) is 89.2 cm³/mol. The summed E-state index contributed by atoms with van der Waals surface area (Å²) in [6.07, 6.45) is 6.27. The third kappa shape index (κ3) is 4.00. The Labute approximate surface area is 141 Å². The normalized spacial score (nSPS) is 18.5. The number of aromatic nitrogens is 3. The quantitative estimate of drug-likeness (QED) is 0.831. The lowest BCUT2D eigenvalue weighted by Crippen LogP contribution is -2.40. The van der Waals surface area contributed by atoms with Crippen LogP contribution in [-0.2, 0) is 15.6 Å². The molecule has 1 fully saturated rings. The zero-order valence-electron chi connectivity index (χ0n) is 13.5. The Balaban J connectivity index is 1.69. The fourth-order valence-electron chi connectivity index (χ4n) is 2.99. The van der Waals surface area contributed by atoms with E-state index in [2.05, 4.69) is 10.1 Å². The van der Waals surface area contributed by atoms with Gasteiger partial charge < -0.3 is 4.90 Å². The van der Waals surface area contributed by atoms with Crippen LogP contribution in [0.15, 0.2) is 36.9 Å². The molecule has 1 amide bonds. The summed E-state index contributed by atoms with van der Waals surface area (Å²) in [5.74, 6) is -0.0507. The average Bonchev–Trinajstić information content (AvgIpc) is 3.08. The summed E-state index contributed by atoms with van der Waals surface area (Å²) in [6, 6.07) is 6.94. The van der Waals surface area contributed by atoms with Gasteiger partial charge in [0.1, 0.15) is 12.7 Å². The molecule has 0 spiro atoms. The van der Waals surface area contributed by atoms with Crippen LogP contribution in [-0.4, -0.2) is 53.3 Å².